The fourth-order valence-corrected chi connectivity index (χ4v) is 4.46. The van der Waals surface area contributed by atoms with Crippen LogP contribution in [0.1, 0.15) is 31.1 Å². The van der Waals surface area contributed by atoms with Crippen LogP contribution in [0.3, 0.4) is 0 Å². The Kier molecular flexibility index (Phi) is 7.57. The zero-order valence-electron chi connectivity index (χ0n) is 18.4. The van der Waals surface area contributed by atoms with Crippen molar-refractivity contribution in [3.8, 4) is 5.75 Å². The van der Waals surface area contributed by atoms with E-state index in [1.54, 1.807) is 7.11 Å². The number of benzene rings is 1. The summed E-state index contributed by atoms with van der Waals surface area (Å²) >= 11 is 0. The number of carbonyl (C=O) groups is 1. The Labute approximate surface area is 179 Å². The molecule has 0 radical (unpaired) electrons. The molecule has 1 aromatic rings. The molecular weight excluding hydrogens is 404 g/mol. The van der Waals surface area contributed by atoms with E-state index in [1.165, 1.54) is 7.11 Å². The second kappa shape index (κ2) is 9.96. The fraction of sp³-hybridized carbons (Fsp3) is 0.591. The highest BCUT2D eigenvalue weighted by molar-refractivity contribution is 6.70. The predicted molar refractivity (Wildman–Crippen MR) is 114 cm³/mol. The zero-order valence-corrected chi connectivity index (χ0v) is 19.4. The topological polar surface area (TPSA) is 72.5 Å². The third kappa shape index (κ3) is 6.07. The number of methoxy groups -OCH3 is 2. The second-order valence-corrected chi connectivity index (χ2v) is 12.9. The number of hydrogen-bond acceptors (Lipinski definition) is 7. The van der Waals surface area contributed by atoms with Gasteiger partial charge in [-0.2, -0.15) is 0 Å². The number of allylic oxidation sites excluding steroid dienone is 1. The van der Waals surface area contributed by atoms with Gasteiger partial charge in [-0.1, -0.05) is 12.1 Å². The van der Waals surface area contributed by atoms with E-state index in [9.17, 15) is 4.79 Å². The van der Waals surface area contributed by atoms with Gasteiger partial charge in [-0.3, -0.25) is 4.79 Å². The molecule has 0 saturated carbocycles. The summed E-state index contributed by atoms with van der Waals surface area (Å²) < 4.78 is 34.8. The van der Waals surface area contributed by atoms with Crippen LogP contribution >= 0.6 is 0 Å². The molecule has 0 spiro atoms. The number of fused-ring (bicyclic) bond motifs is 1. The van der Waals surface area contributed by atoms with Crippen LogP contribution in [0.5, 0.6) is 5.75 Å². The van der Waals surface area contributed by atoms with Gasteiger partial charge >= 0.3 is 5.97 Å². The molecule has 0 aliphatic carbocycles. The third-order valence-corrected chi connectivity index (χ3v) is 5.82. The Balaban J connectivity index is 1.74. The molecule has 7 nitrogen and oxygen atoms in total. The van der Waals surface area contributed by atoms with Crippen molar-refractivity contribution in [2.75, 3.05) is 20.8 Å². The summed E-state index contributed by atoms with van der Waals surface area (Å²) in [6.45, 7) is 6.70. The lowest BCUT2D eigenvalue weighted by Crippen LogP contribution is -2.46. The Morgan fingerprint density at radius 1 is 1.10 bits per heavy atom. The normalized spacial score (nSPS) is 28.9. The summed E-state index contributed by atoms with van der Waals surface area (Å²) in [6, 6.07) is 7.65. The van der Waals surface area contributed by atoms with Crippen LogP contribution in [0.2, 0.25) is 19.6 Å². The lowest BCUT2D eigenvalue weighted by atomic mass is 10.0. The highest BCUT2D eigenvalue weighted by atomic mass is 28.4. The van der Waals surface area contributed by atoms with E-state index in [2.05, 4.69) is 19.6 Å². The number of esters is 1. The van der Waals surface area contributed by atoms with Crippen molar-refractivity contribution in [3.05, 3.63) is 41.7 Å². The van der Waals surface area contributed by atoms with Crippen LogP contribution in [-0.4, -0.2) is 53.4 Å². The molecule has 166 valence electrons. The molecule has 0 aromatic heterocycles. The molecule has 2 heterocycles. The van der Waals surface area contributed by atoms with Gasteiger partial charge < -0.3 is 28.1 Å². The van der Waals surface area contributed by atoms with Crippen molar-refractivity contribution >= 4 is 14.3 Å². The summed E-state index contributed by atoms with van der Waals surface area (Å²) in [5.41, 5.74) is 0.931. The molecular formula is C22H32O7Si. The summed E-state index contributed by atoms with van der Waals surface area (Å²) in [7, 11) is 1.15. The highest BCUT2D eigenvalue weighted by Crippen LogP contribution is 2.34. The van der Waals surface area contributed by atoms with Gasteiger partial charge in [0.25, 0.3) is 0 Å². The lowest BCUT2D eigenvalue weighted by Gasteiger charge is -2.40. The molecule has 2 aliphatic rings. The minimum absolute atomic E-state index is 0.0952. The Morgan fingerprint density at radius 2 is 1.83 bits per heavy atom. The zero-order chi connectivity index (χ0) is 21.7. The second-order valence-electron chi connectivity index (χ2n) is 8.45. The summed E-state index contributed by atoms with van der Waals surface area (Å²) in [6.07, 6.45) is 2.28. The maximum atomic E-state index is 12.0. The largest absolute Gasteiger partial charge is 0.546 e. The molecule has 8 heteroatoms. The molecule has 0 bridgehead atoms. The summed E-state index contributed by atoms with van der Waals surface area (Å²) in [5.74, 6) is 1.17. The van der Waals surface area contributed by atoms with Gasteiger partial charge in [0.1, 0.15) is 23.7 Å². The first-order valence-electron chi connectivity index (χ1n) is 10.3. The van der Waals surface area contributed by atoms with Gasteiger partial charge in [0.05, 0.1) is 33.4 Å². The van der Waals surface area contributed by atoms with E-state index in [4.69, 9.17) is 28.1 Å². The van der Waals surface area contributed by atoms with Crippen LogP contribution in [0.15, 0.2) is 36.1 Å². The maximum absolute atomic E-state index is 12.0. The molecule has 4 atom stereocenters. The quantitative estimate of drug-likeness (QED) is 0.494. The van der Waals surface area contributed by atoms with Crippen LogP contribution in [0, 0.1) is 0 Å². The first-order valence-corrected chi connectivity index (χ1v) is 13.7. The highest BCUT2D eigenvalue weighted by Gasteiger charge is 2.38. The lowest BCUT2D eigenvalue weighted by molar-refractivity contribution is -0.273. The van der Waals surface area contributed by atoms with Crippen molar-refractivity contribution in [2.45, 2.75) is 63.5 Å². The average Bonchev–Trinajstić information content (AvgIpc) is 2.71. The van der Waals surface area contributed by atoms with E-state index in [0.717, 1.165) is 29.9 Å². The van der Waals surface area contributed by atoms with E-state index in [0.29, 0.717) is 6.61 Å². The molecule has 0 N–H and O–H groups in total. The van der Waals surface area contributed by atoms with Gasteiger partial charge in [-0.05, 0) is 50.7 Å². The Bertz CT molecular complexity index is 741. The van der Waals surface area contributed by atoms with Gasteiger partial charge in [0.15, 0.2) is 6.29 Å². The number of ether oxygens (including phenoxy) is 5. The van der Waals surface area contributed by atoms with E-state index in [-0.39, 0.29) is 24.6 Å². The van der Waals surface area contributed by atoms with Crippen LogP contribution < -0.4 is 4.74 Å². The molecule has 0 amide bonds. The van der Waals surface area contributed by atoms with Crippen LogP contribution in [-0.2, 0) is 28.2 Å². The standard InChI is InChI=1S/C22H32O7Si/c1-24-16-11-9-15(10-12-16)22-26-14-20-17(28-22)7-6-8-18(29-30(3,4)5)19(27-20)13-21(23)25-2/h8-12,17,19-20,22H,6-7,13-14H2,1-5H3/b18-8+/t17-,19-,20+,22+/m0/s1. The summed E-state index contributed by atoms with van der Waals surface area (Å²) in [5, 5.41) is 0. The number of hydrogen-bond donors (Lipinski definition) is 0. The number of rotatable bonds is 6. The molecule has 0 unspecified atom stereocenters. The monoisotopic (exact) mass is 436 g/mol. The SMILES string of the molecule is COC(=O)C[C@@H]1O[C@@H]2CO[C@@H](c3ccc(OC)cc3)O[C@H]2CC/C=C\1O[Si](C)(C)C. The minimum atomic E-state index is -1.87. The van der Waals surface area contributed by atoms with Crippen molar-refractivity contribution < 1.29 is 32.9 Å². The molecule has 1 saturated heterocycles. The van der Waals surface area contributed by atoms with Crippen molar-refractivity contribution in [2.24, 2.45) is 0 Å². The van der Waals surface area contributed by atoms with Crippen LogP contribution in [0.25, 0.3) is 0 Å². The predicted octanol–water partition coefficient (Wildman–Crippen LogP) is 3.96. The van der Waals surface area contributed by atoms with Crippen LogP contribution in [0.4, 0.5) is 0 Å². The minimum Gasteiger partial charge on any atom is -0.546 e. The van der Waals surface area contributed by atoms with Crippen molar-refractivity contribution in [1.29, 1.82) is 0 Å². The van der Waals surface area contributed by atoms with E-state index in [1.807, 2.05) is 30.3 Å². The molecule has 1 aromatic carbocycles. The molecule has 2 aliphatic heterocycles. The molecule has 30 heavy (non-hydrogen) atoms. The fourth-order valence-electron chi connectivity index (χ4n) is 3.54. The Morgan fingerprint density at radius 3 is 2.47 bits per heavy atom. The van der Waals surface area contributed by atoms with E-state index < -0.39 is 20.7 Å². The first kappa shape index (κ1) is 22.8. The Hall–Kier alpha value is -1.87. The van der Waals surface area contributed by atoms with Gasteiger partial charge in [-0.15, -0.1) is 0 Å². The first-order chi connectivity index (χ1) is 14.3. The summed E-state index contributed by atoms with van der Waals surface area (Å²) in [4.78, 5) is 12.0. The van der Waals surface area contributed by atoms with Gasteiger partial charge in [0.2, 0.25) is 8.32 Å². The molecule has 1 fully saturated rings. The van der Waals surface area contributed by atoms with Crippen molar-refractivity contribution in [3.63, 3.8) is 0 Å². The van der Waals surface area contributed by atoms with E-state index >= 15 is 0 Å². The van der Waals surface area contributed by atoms with Gasteiger partial charge in [0, 0.05) is 5.56 Å². The van der Waals surface area contributed by atoms with Crippen molar-refractivity contribution in [1.82, 2.24) is 0 Å². The maximum Gasteiger partial charge on any atom is 0.308 e. The average molecular weight is 437 g/mol. The van der Waals surface area contributed by atoms with Gasteiger partial charge in [-0.25, -0.2) is 0 Å². The smallest absolute Gasteiger partial charge is 0.308 e. The molecule has 3 rings (SSSR count). The number of carbonyl (C=O) groups excluding carboxylic acids is 1. The third-order valence-electron chi connectivity index (χ3n) is 4.97.